The van der Waals surface area contributed by atoms with E-state index < -0.39 is 0 Å². The largest absolute Gasteiger partial charge is 0.388 e. The summed E-state index contributed by atoms with van der Waals surface area (Å²) in [6.45, 7) is 8.12. The van der Waals surface area contributed by atoms with Crippen molar-refractivity contribution >= 4 is 6.08 Å². The van der Waals surface area contributed by atoms with Crippen LogP contribution >= 0.6 is 0 Å². The molecular formula is C21H26O. The second-order valence-corrected chi connectivity index (χ2v) is 5.79. The van der Waals surface area contributed by atoms with E-state index in [1.54, 1.807) is 0 Å². The SMILES string of the molecule is C=Cc1ccc(Cc2ccccc2C(O)CC)cc1CCC. The second-order valence-electron chi connectivity index (χ2n) is 5.79. The third-order valence-electron chi connectivity index (χ3n) is 4.14. The first-order valence-corrected chi connectivity index (χ1v) is 8.19. The van der Waals surface area contributed by atoms with Crippen LogP contribution in [0.25, 0.3) is 6.08 Å². The number of hydrogen-bond donors (Lipinski definition) is 1. The van der Waals surface area contributed by atoms with Crippen molar-refractivity contribution in [3.8, 4) is 0 Å². The Bertz CT molecular complexity index is 628. The Hall–Kier alpha value is -1.86. The molecule has 0 amide bonds. The van der Waals surface area contributed by atoms with E-state index in [2.05, 4.69) is 37.8 Å². The number of aliphatic hydroxyl groups is 1. The zero-order valence-corrected chi connectivity index (χ0v) is 13.7. The molecule has 0 radical (unpaired) electrons. The lowest BCUT2D eigenvalue weighted by molar-refractivity contribution is 0.173. The quantitative estimate of drug-likeness (QED) is 0.733. The number of hydrogen-bond acceptors (Lipinski definition) is 1. The molecule has 0 fully saturated rings. The Morgan fingerprint density at radius 1 is 1.09 bits per heavy atom. The van der Waals surface area contributed by atoms with E-state index in [1.165, 1.54) is 22.3 Å². The van der Waals surface area contributed by atoms with Gasteiger partial charge in [-0.2, -0.15) is 0 Å². The Morgan fingerprint density at radius 2 is 1.86 bits per heavy atom. The monoisotopic (exact) mass is 294 g/mol. The highest BCUT2D eigenvalue weighted by molar-refractivity contribution is 5.53. The third kappa shape index (κ3) is 3.86. The van der Waals surface area contributed by atoms with Crippen molar-refractivity contribution in [1.82, 2.24) is 0 Å². The van der Waals surface area contributed by atoms with Crippen LogP contribution in [0.15, 0.2) is 49.0 Å². The average molecular weight is 294 g/mol. The predicted octanol–water partition coefficient (Wildman–Crippen LogP) is 5.32. The zero-order chi connectivity index (χ0) is 15.9. The van der Waals surface area contributed by atoms with Gasteiger partial charge in [0.1, 0.15) is 0 Å². The molecule has 1 heteroatoms. The van der Waals surface area contributed by atoms with Crippen LogP contribution in [0.3, 0.4) is 0 Å². The van der Waals surface area contributed by atoms with Crippen LogP contribution in [-0.2, 0) is 12.8 Å². The van der Waals surface area contributed by atoms with Gasteiger partial charge in [0.25, 0.3) is 0 Å². The van der Waals surface area contributed by atoms with Crippen LogP contribution in [0, 0.1) is 0 Å². The van der Waals surface area contributed by atoms with Gasteiger partial charge in [-0.1, -0.05) is 75.4 Å². The minimum Gasteiger partial charge on any atom is -0.388 e. The van der Waals surface area contributed by atoms with Gasteiger partial charge in [0.15, 0.2) is 0 Å². The van der Waals surface area contributed by atoms with Crippen LogP contribution < -0.4 is 0 Å². The van der Waals surface area contributed by atoms with E-state index >= 15 is 0 Å². The van der Waals surface area contributed by atoms with Crippen LogP contribution in [0.4, 0.5) is 0 Å². The molecule has 22 heavy (non-hydrogen) atoms. The molecule has 1 atom stereocenters. The molecule has 0 saturated carbocycles. The van der Waals surface area contributed by atoms with Gasteiger partial charge in [-0.15, -0.1) is 0 Å². The molecule has 0 heterocycles. The molecule has 0 aliphatic carbocycles. The highest BCUT2D eigenvalue weighted by Crippen LogP contribution is 2.24. The first-order valence-electron chi connectivity index (χ1n) is 8.19. The molecular weight excluding hydrogens is 268 g/mol. The van der Waals surface area contributed by atoms with Crippen molar-refractivity contribution in [1.29, 1.82) is 0 Å². The summed E-state index contributed by atoms with van der Waals surface area (Å²) in [7, 11) is 0. The molecule has 1 N–H and O–H groups in total. The van der Waals surface area contributed by atoms with E-state index in [0.29, 0.717) is 0 Å². The lowest BCUT2D eigenvalue weighted by atomic mass is 9.93. The Labute approximate surface area is 134 Å². The van der Waals surface area contributed by atoms with E-state index in [1.807, 2.05) is 31.2 Å². The van der Waals surface area contributed by atoms with E-state index in [0.717, 1.165) is 31.2 Å². The maximum atomic E-state index is 10.2. The highest BCUT2D eigenvalue weighted by Gasteiger charge is 2.11. The van der Waals surface area contributed by atoms with E-state index in [-0.39, 0.29) is 6.10 Å². The van der Waals surface area contributed by atoms with Crippen LogP contribution in [-0.4, -0.2) is 5.11 Å². The van der Waals surface area contributed by atoms with Crippen molar-refractivity contribution in [2.75, 3.05) is 0 Å². The third-order valence-corrected chi connectivity index (χ3v) is 4.14. The summed E-state index contributed by atoms with van der Waals surface area (Å²) in [5.74, 6) is 0. The minimum absolute atomic E-state index is 0.376. The summed E-state index contributed by atoms with van der Waals surface area (Å²) >= 11 is 0. The Kier molecular flexibility index (Phi) is 5.97. The number of aliphatic hydroxyl groups excluding tert-OH is 1. The number of rotatable bonds is 7. The smallest absolute Gasteiger partial charge is 0.0790 e. The summed E-state index contributed by atoms with van der Waals surface area (Å²) in [6, 6.07) is 14.8. The average Bonchev–Trinajstić information content (AvgIpc) is 2.55. The van der Waals surface area contributed by atoms with Gasteiger partial charge in [0.2, 0.25) is 0 Å². The van der Waals surface area contributed by atoms with Gasteiger partial charge in [-0.3, -0.25) is 0 Å². The predicted molar refractivity (Wildman–Crippen MR) is 95.0 cm³/mol. The Balaban J connectivity index is 2.31. The Morgan fingerprint density at radius 3 is 2.55 bits per heavy atom. The fourth-order valence-electron chi connectivity index (χ4n) is 2.91. The summed E-state index contributed by atoms with van der Waals surface area (Å²) in [4.78, 5) is 0. The van der Waals surface area contributed by atoms with Gasteiger partial charge >= 0.3 is 0 Å². The first kappa shape index (κ1) is 16.5. The maximum Gasteiger partial charge on any atom is 0.0790 e. The normalized spacial score (nSPS) is 12.1. The molecule has 1 nitrogen and oxygen atoms in total. The van der Waals surface area contributed by atoms with Gasteiger partial charge < -0.3 is 5.11 Å². The van der Waals surface area contributed by atoms with Crippen molar-refractivity contribution in [2.45, 2.75) is 45.6 Å². The highest BCUT2D eigenvalue weighted by atomic mass is 16.3. The van der Waals surface area contributed by atoms with Crippen LogP contribution in [0.1, 0.15) is 60.6 Å². The molecule has 116 valence electrons. The lowest BCUT2D eigenvalue weighted by Gasteiger charge is -2.15. The number of benzene rings is 2. The maximum absolute atomic E-state index is 10.2. The lowest BCUT2D eigenvalue weighted by Crippen LogP contribution is -2.02. The second kappa shape index (κ2) is 7.95. The molecule has 2 aromatic carbocycles. The fourth-order valence-corrected chi connectivity index (χ4v) is 2.91. The van der Waals surface area contributed by atoms with Gasteiger partial charge in [0, 0.05) is 0 Å². The molecule has 1 unspecified atom stereocenters. The van der Waals surface area contributed by atoms with Gasteiger partial charge in [-0.05, 0) is 47.1 Å². The van der Waals surface area contributed by atoms with Crippen LogP contribution in [0.5, 0.6) is 0 Å². The first-order chi connectivity index (χ1) is 10.7. The van der Waals surface area contributed by atoms with Gasteiger partial charge in [-0.25, -0.2) is 0 Å². The molecule has 0 aliphatic rings. The summed E-state index contributed by atoms with van der Waals surface area (Å²) in [6.07, 6.45) is 5.38. The molecule has 2 aromatic rings. The fraction of sp³-hybridized carbons (Fsp3) is 0.333. The van der Waals surface area contributed by atoms with Crippen LogP contribution in [0.2, 0.25) is 0 Å². The van der Waals surface area contributed by atoms with Gasteiger partial charge in [0.05, 0.1) is 6.10 Å². The minimum atomic E-state index is -0.376. The topological polar surface area (TPSA) is 20.2 Å². The standard InChI is InChI=1S/C21H26O/c1-4-9-18-14-16(12-13-17(18)5-2)15-19-10-7-8-11-20(19)21(22)6-3/h5,7-8,10-14,21-22H,2,4,6,9,15H2,1,3H3. The van der Waals surface area contributed by atoms with Crippen molar-refractivity contribution in [2.24, 2.45) is 0 Å². The van der Waals surface area contributed by atoms with E-state index in [9.17, 15) is 5.11 Å². The molecule has 0 saturated heterocycles. The molecule has 0 aliphatic heterocycles. The van der Waals surface area contributed by atoms with Crippen molar-refractivity contribution in [3.05, 3.63) is 76.9 Å². The van der Waals surface area contributed by atoms with Crippen molar-refractivity contribution in [3.63, 3.8) is 0 Å². The molecule has 0 spiro atoms. The molecule has 0 aromatic heterocycles. The summed E-state index contributed by atoms with van der Waals surface area (Å²) in [5.41, 5.74) is 6.15. The van der Waals surface area contributed by atoms with Crippen molar-refractivity contribution < 1.29 is 5.11 Å². The molecule has 0 bridgehead atoms. The molecule has 2 rings (SSSR count). The zero-order valence-electron chi connectivity index (χ0n) is 13.7. The number of aryl methyl sites for hydroxylation is 1. The summed E-state index contributed by atoms with van der Waals surface area (Å²) < 4.78 is 0. The van der Waals surface area contributed by atoms with E-state index in [4.69, 9.17) is 0 Å². The summed E-state index contributed by atoms with van der Waals surface area (Å²) in [5, 5.41) is 10.2.